The van der Waals surface area contributed by atoms with Crippen molar-refractivity contribution in [3.8, 4) is 5.75 Å². The van der Waals surface area contributed by atoms with Gasteiger partial charge in [-0.25, -0.2) is 0 Å². The summed E-state index contributed by atoms with van der Waals surface area (Å²) in [6.07, 6.45) is 0.773. The van der Waals surface area contributed by atoms with E-state index in [1.807, 2.05) is 12.1 Å². The maximum atomic E-state index is 10.9. The Morgan fingerprint density at radius 3 is 3.13 bits per heavy atom. The quantitative estimate of drug-likeness (QED) is 0.791. The molecule has 0 fully saturated rings. The Kier molecular flexibility index (Phi) is 2.82. The van der Waals surface area contributed by atoms with Gasteiger partial charge in [0.05, 0.1) is 6.04 Å². The van der Waals surface area contributed by atoms with Crippen LogP contribution in [0.3, 0.4) is 0 Å². The smallest absolute Gasteiger partial charge is 0.217 e. The van der Waals surface area contributed by atoms with Crippen LogP contribution in [0.1, 0.15) is 12.5 Å². The maximum absolute atomic E-state index is 10.9. The van der Waals surface area contributed by atoms with E-state index in [0.717, 1.165) is 17.7 Å². The molecule has 1 atom stereocenters. The highest BCUT2D eigenvalue weighted by molar-refractivity contribution is 6.30. The number of benzene rings is 1. The number of hydrogen-bond acceptors (Lipinski definition) is 2. The van der Waals surface area contributed by atoms with Gasteiger partial charge in [0.15, 0.2) is 0 Å². The molecule has 0 radical (unpaired) electrons. The number of halogens is 1. The van der Waals surface area contributed by atoms with Gasteiger partial charge in [-0.05, 0) is 30.2 Å². The predicted octanol–water partition coefficient (Wildman–Crippen LogP) is 1.78. The van der Waals surface area contributed by atoms with E-state index in [9.17, 15) is 4.79 Å². The van der Waals surface area contributed by atoms with Crippen molar-refractivity contribution in [1.82, 2.24) is 5.32 Å². The summed E-state index contributed by atoms with van der Waals surface area (Å²) < 4.78 is 5.52. The minimum Gasteiger partial charge on any atom is -0.491 e. The summed E-state index contributed by atoms with van der Waals surface area (Å²) in [7, 11) is 0. The number of rotatable bonds is 1. The number of nitrogens with one attached hydrogen (secondary N) is 1. The van der Waals surface area contributed by atoms with Crippen LogP contribution in [0.2, 0.25) is 5.02 Å². The minimum atomic E-state index is -0.0333. The summed E-state index contributed by atoms with van der Waals surface area (Å²) in [6, 6.07) is 5.60. The van der Waals surface area contributed by atoms with Gasteiger partial charge in [0.2, 0.25) is 5.91 Å². The summed E-state index contributed by atoms with van der Waals surface area (Å²) in [5.41, 5.74) is 1.05. The molecule has 1 N–H and O–H groups in total. The Morgan fingerprint density at radius 1 is 1.60 bits per heavy atom. The van der Waals surface area contributed by atoms with Crippen LogP contribution in [0.5, 0.6) is 5.75 Å². The van der Waals surface area contributed by atoms with Crippen LogP contribution in [0.25, 0.3) is 0 Å². The summed E-state index contributed by atoms with van der Waals surface area (Å²) >= 11 is 5.89. The molecule has 1 aliphatic heterocycles. The van der Waals surface area contributed by atoms with Crippen molar-refractivity contribution < 1.29 is 9.53 Å². The third kappa shape index (κ3) is 2.42. The zero-order valence-electron chi connectivity index (χ0n) is 8.42. The van der Waals surface area contributed by atoms with Crippen molar-refractivity contribution in [2.75, 3.05) is 6.61 Å². The Labute approximate surface area is 93.4 Å². The summed E-state index contributed by atoms with van der Waals surface area (Å²) in [6.45, 7) is 2.03. The average molecular weight is 226 g/mol. The van der Waals surface area contributed by atoms with Crippen molar-refractivity contribution in [2.45, 2.75) is 19.4 Å². The lowest BCUT2D eigenvalue weighted by Gasteiger charge is -2.25. The van der Waals surface area contributed by atoms with E-state index in [4.69, 9.17) is 16.3 Å². The Morgan fingerprint density at radius 2 is 2.40 bits per heavy atom. The summed E-state index contributed by atoms with van der Waals surface area (Å²) in [5, 5.41) is 3.53. The molecule has 2 rings (SSSR count). The second-order valence-electron chi connectivity index (χ2n) is 3.66. The molecule has 0 spiro atoms. The molecular formula is C11H12ClNO2. The number of ether oxygens (including phenoxy) is 1. The number of amides is 1. The van der Waals surface area contributed by atoms with E-state index in [-0.39, 0.29) is 11.9 Å². The Bertz CT molecular complexity index is 392. The molecule has 0 aliphatic carbocycles. The van der Waals surface area contributed by atoms with Gasteiger partial charge in [0.25, 0.3) is 0 Å². The molecule has 80 valence electrons. The van der Waals surface area contributed by atoms with E-state index in [0.29, 0.717) is 11.6 Å². The number of carbonyl (C=O) groups excluding carboxylic acids is 1. The number of fused-ring (bicyclic) bond motifs is 1. The second kappa shape index (κ2) is 4.11. The van der Waals surface area contributed by atoms with Gasteiger partial charge in [-0.15, -0.1) is 0 Å². The molecule has 0 saturated carbocycles. The number of carbonyl (C=O) groups is 1. The molecule has 3 nitrogen and oxygen atoms in total. The normalized spacial score (nSPS) is 18.9. The first kappa shape index (κ1) is 10.3. The zero-order chi connectivity index (χ0) is 10.8. The summed E-state index contributed by atoms with van der Waals surface area (Å²) in [5.74, 6) is 0.829. The first-order valence-corrected chi connectivity index (χ1v) is 5.21. The SMILES string of the molecule is CC(=O)N[C@@H]1COc2ccc(Cl)cc2C1. The van der Waals surface area contributed by atoms with E-state index < -0.39 is 0 Å². The van der Waals surface area contributed by atoms with E-state index >= 15 is 0 Å². The van der Waals surface area contributed by atoms with Gasteiger partial charge in [0, 0.05) is 11.9 Å². The van der Waals surface area contributed by atoms with Crippen molar-refractivity contribution >= 4 is 17.5 Å². The van der Waals surface area contributed by atoms with Crippen LogP contribution in [-0.2, 0) is 11.2 Å². The molecule has 15 heavy (non-hydrogen) atoms. The van der Waals surface area contributed by atoms with Crippen LogP contribution in [-0.4, -0.2) is 18.6 Å². The van der Waals surface area contributed by atoms with E-state index in [1.165, 1.54) is 6.92 Å². The van der Waals surface area contributed by atoms with Crippen molar-refractivity contribution in [2.24, 2.45) is 0 Å². The topological polar surface area (TPSA) is 38.3 Å². The molecule has 0 bridgehead atoms. The fourth-order valence-corrected chi connectivity index (χ4v) is 1.94. The highest BCUT2D eigenvalue weighted by atomic mass is 35.5. The highest BCUT2D eigenvalue weighted by Gasteiger charge is 2.20. The van der Waals surface area contributed by atoms with Crippen molar-refractivity contribution in [3.05, 3.63) is 28.8 Å². The Balaban J connectivity index is 2.14. The lowest BCUT2D eigenvalue weighted by atomic mass is 10.0. The van der Waals surface area contributed by atoms with Gasteiger partial charge >= 0.3 is 0 Å². The molecule has 1 aromatic carbocycles. The van der Waals surface area contributed by atoms with Crippen molar-refractivity contribution in [3.63, 3.8) is 0 Å². The highest BCUT2D eigenvalue weighted by Crippen LogP contribution is 2.27. The molecule has 0 saturated heterocycles. The fourth-order valence-electron chi connectivity index (χ4n) is 1.74. The maximum Gasteiger partial charge on any atom is 0.217 e. The van der Waals surface area contributed by atoms with Crippen LogP contribution in [0, 0.1) is 0 Å². The lowest BCUT2D eigenvalue weighted by Crippen LogP contribution is -2.41. The molecular weight excluding hydrogens is 214 g/mol. The van der Waals surface area contributed by atoms with Gasteiger partial charge in [-0.1, -0.05) is 11.6 Å². The van der Waals surface area contributed by atoms with Crippen LogP contribution in [0.4, 0.5) is 0 Å². The Hall–Kier alpha value is -1.22. The zero-order valence-corrected chi connectivity index (χ0v) is 9.17. The van der Waals surface area contributed by atoms with Crippen LogP contribution >= 0.6 is 11.6 Å². The average Bonchev–Trinajstić information content (AvgIpc) is 2.16. The standard InChI is InChI=1S/C11H12ClNO2/c1-7(14)13-10-5-8-4-9(12)2-3-11(8)15-6-10/h2-4,10H,5-6H2,1H3,(H,13,14)/t10-/m0/s1. The van der Waals surface area contributed by atoms with E-state index in [2.05, 4.69) is 5.32 Å². The lowest BCUT2D eigenvalue weighted by molar-refractivity contribution is -0.119. The third-order valence-electron chi connectivity index (χ3n) is 2.34. The van der Waals surface area contributed by atoms with Gasteiger partial charge in [0.1, 0.15) is 12.4 Å². The summed E-state index contributed by atoms with van der Waals surface area (Å²) in [4.78, 5) is 10.9. The third-order valence-corrected chi connectivity index (χ3v) is 2.57. The predicted molar refractivity (Wildman–Crippen MR) is 58.3 cm³/mol. The molecule has 0 unspecified atom stereocenters. The van der Waals surface area contributed by atoms with Crippen LogP contribution in [0.15, 0.2) is 18.2 Å². The number of hydrogen-bond donors (Lipinski definition) is 1. The van der Waals surface area contributed by atoms with E-state index in [1.54, 1.807) is 6.07 Å². The second-order valence-corrected chi connectivity index (χ2v) is 4.10. The van der Waals surface area contributed by atoms with Gasteiger partial charge < -0.3 is 10.1 Å². The molecule has 0 aromatic heterocycles. The molecule has 4 heteroatoms. The monoisotopic (exact) mass is 225 g/mol. The molecule has 1 aromatic rings. The largest absolute Gasteiger partial charge is 0.491 e. The van der Waals surface area contributed by atoms with Gasteiger partial charge in [-0.2, -0.15) is 0 Å². The fraction of sp³-hybridized carbons (Fsp3) is 0.364. The van der Waals surface area contributed by atoms with Crippen LogP contribution < -0.4 is 10.1 Å². The van der Waals surface area contributed by atoms with Gasteiger partial charge in [-0.3, -0.25) is 4.79 Å². The molecule has 1 aliphatic rings. The molecule has 1 amide bonds. The first-order valence-electron chi connectivity index (χ1n) is 4.83. The van der Waals surface area contributed by atoms with Crippen molar-refractivity contribution in [1.29, 1.82) is 0 Å². The first-order chi connectivity index (χ1) is 7.15. The minimum absolute atomic E-state index is 0.0333. The molecule has 1 heterocycles.